The molecule has 0 atom stereocenters. The van der Waals surface area contributed by atoms with Crippen LogP contribution in [0, 0.1) is 0 Å². The molecule has 0 fully saturated rings. The Morgan fingerprint density at radius 2 is 1.59 bits per heavy atom. The van der Waals surface area contributed by atoms with Gasteiger partial charge in [-0.3, -0.25) is 9.59 Å². The Hall–Kier alpha value is -3.87. The SMILES string of the molecule is COc1ccc(OC)c(NC(=O)c2cccc(C(=O)NCc3ccccc3)n2)c1. The van der Waals surface area contributed by atoms with Crippen molar-refractivity contribution in [3.8, 4) is 11.5 Å². The van der Waals surface area contributed by atoms with E-state index in [4.69, 9.17) is 9.47 Å². The van der Waals surface area contributed by atoms with Crippen molar-refractivity contribution in [3.63, 3.8) is 0 Å². The molecule has 0 unspecified atom stereocenters. The van der Waals surface area contributed by atoms with E-state index in [1.54, 1.807) is 30.3 Å². The second-order valence-corrected chi connectivity index (χ2v) is 6.10. The van der Waals surface area contributed by atoms with Gasteiger partial charge < -0.3 is 20.1 Å². The van der Waals surface area contributed by atoms with Crippen molar-refractivity contribution >= 4 is 17.5 Å². The van der Waals surface area contributed by atoms with E-state index in [9.17, 15) is 9.59 Å². The molecule has 0 radical (unpaired) electrons. The summed E-state index contributed by atoms with van der Waals surface area (Å²) < 4.78 is 10.4. The standard InChI is InChI=1S/C22H21N3O4/c1-28-16-11-12-20(29-2)19(13-16)25-22(27)18-10-6-9-17(24-18)21(26)23-14-15-7-4-3-5-8-15/h3-13H,14H2,1-2H3,(H,23,26)(H,25,27). The highest BCUT2D eigenvalue weighted by atomic mass is 16.5. The summed E-state index contributed by atoms with van der Waals surface area (Å²) >= 11 is 0. The molecule has 0 bridgehead atoms. The molecule has 1 aromatic heterocycles. The number of amides is 2. The van der Waals surface area contributed by atoms with Crippen molar-refractivity contribution in [1.82, 2.24) is 10.3 Å². The molecule has 2 amide bonds. The fraction of sp³-hybridized carbons (Fsp3) is 0.136. The number of pyridine rings is 1. The Balaban J connectivity index is 1.72. The topological polar surface area (TPSA) is 89.5 Å². The molecule has 7 heteroatoms. The second-order valence-electron chi connectivity index (χ2n) is 6.10. The van der Waals surface area contributed by atoms with Gasteiger partial charge in [0.15, 0.2) is 0 Å². The number of ether oxygens (including phenoxy) is 2. The number of hydrogen-bond donors (Lipinski definition) is 2. The van der Waals surface area contributed by atoms with Crippen molar-refractivity contribution in [2.75, 3.05) is 19.5 Å². The van der Waals surface area contributed by atoms with Crippen LogP contribution in [0.25, 0.3) is 0 Å². The van der Waals surface area contributed by atoms with Crippen LogP contribution in [0.2, 0.25) is 0 Å². The monoisotopic (exact) mass is 391 g/mol. The lowest BCUT2D eigenvalue weighted by Crippen LogP contribution is -2.25. The van der Waals surface area contributed by atoms with Crippen LogP contribution < -0.4 is 20.1 Å². The molecule has 1 heterocycles. The Kier molecular flexibility index (Phi) is 6.42. The zero-order valence-corrected chi connectivity index (χ0v) is 16.1. The van der Waals surface area contributed by atoms with Gasteiger partial charge in [-0.1, -0.05) is 36.4 Å². The molecule has 148 valence electrons. The lowest BCUT2D eigenvalue weighted by Gasteiger charge is -2.12. The van der Waals surface area contributed by atoms with Crippen LogP contribution in [-0.4, -0.2) is 31.0 Å². The van der Waals surface area contributed by atoms with Crippen molar-refractivity contribution in [3.05, 3.63) is 83.7 Å². The van der Waals surface area contributed by atoms with Gasteiger partial charge in [0.1, 0.15) is 22.9 Å². The Morgan fingerprint density at radius 3 is 2.28 bits per heavy atom. The van der Waals surface area contributed by atoms with E-state index < -0.39 is 5.91 Å². The van der Waals surface area contributed by atoms with E-state index in [2.05, 4.69) is 15.6 Å². The number of nitrogens with one attached hydrogen (secondary N) is 2. The zero-order chi connectivity index (χ0) is 20.6. The number of methoxy groups -OCH3 is 2. The molecule has 0 aliphatic carbocycles. The van der Waals surface area contributed by atoms with E-state index in [1.807, 2.05) is 30.3 Å². The van der Waals surface area contributed by atoms with E-state index in [0.29, 0.717) is 23.7 Å². The molecule has 2 aromatic carbocycles. The largest absolute Gasteiger partial charge is 0.497 e. The maximum Gasteiger partial charge on any atom is 0.274 e. The van der Waals surface area contributed by atoms with Gasteiger partial charge in [-0.25, -0.2) is 4.98 Å². The van der Waals surface area contributed by atoms with E-state index in [0.717, 1.165) is 5.56 Å². The van der Waals surface area contributed by atoms with Gasteiger partial charge in [-0.05, 0) is 29.8 Å². The maximum absolute atomic E-state index is 12.6. The summed E-state index contributed by atoms with van der Waals surface area (Å²) in [5, 5.41) is 5.53. The van der Waals surface area contributed by atoms with Gasteiger partial charge in [0, 0.05) is 12.6 Å². The van der Waals surface area contributed by atoms with E-state index in [1.165, 1.54) is 20.3 Å². The van der Waals surface area contributed by atoms with Gasteiger partial charge in [-0.2, -0.15) is 0 Å². The Bertz CT molecular complexity index is 1010. The number of carbonyl (C=O) groups is 2. The number of nitrogens with zero attached hydrogens (tertiary/aromatic N) is 1. The van der Waals surface area contributed by atoms with Crippen molar-refractivity contribution in [1.29, 1.82) is 0 Å². The molecule has 7 nitrogen and oxygen atoms in total. The molecule has 2 N–H and O–H groups in total. The maximum atomic E-state index is 12.6. The van der Waals surface area contributed by atoms with Crippen LogP contribution in [0.5, 0.6) is 11.5 Å². The normalized spacial score (nSPS) is 10.1. The fourth-order valence-corrected chi connectivity index (χ4v) is 2.65. The molecule has 0 saturated carbocycles. The lowest BCUT2D eigenvalue weighted by molar-refractivity contribution is 0.0945. The predicted octanol–water partition coefficient (Wildman–Crippen LogP) is 3.28. The fourth-order valence-electron chi connectivity index (χ4n) is 2.65. The number of hydrogen-bond acceptors (Lipinski definition) is 5. The second kappa shape index (κ2) is 9.36. The summed E-state index contributed by atoms with van der Waals surface area (Å²) in [7, 11) is 3.04. The average Bonchev–Trinajstić information content (AvgIpc) is 2.78. The Morgan fingerprint density at radius 1 is 0.862 bits per heavy atom. The predicted molar refractivity (Wildman–Crippen MR) is 109 cm³/mol. The Labute approximate surface area is 168 Å². The van der Waals surface area contributed by atoms with Crippen molar-refractivity contribution < 1.29 is 19.1 Å². The summed E-state index contributed by atoms with van der Waals surface area (Å²) in [5.41, 5.74) is 1.69. The van der Waals surface area contributed by atoms with Gasteiger partial charge in [0.05, 0.1) is 19.9 Å². The molecule has 0 aliphatic rings. The number of carbonyl (C=O) groups excluding carboxylic acids is 2. The molecular formula is C22H21N3O4. The first kappa shape index (κ1) is 19.9. The number of anilines is 1. The van der Waals surface area contributed by atoms with Crippen LogP contribution in [0.1, 0.15) is 26.5 Å². The van der Waals surface area contributed by atoms with E-state index in [-0.39, 0.29) is 17.3 Å². The van der Waals surface area contributed by atoms with Crippen LogP contribution in [0.15, 0.2) is 66.7 Å². The molecule has 3 rings (SSSR count). The average molecular weight is 391 g/mol. The molecule has 29 heavy (non-hydrogen) atoms. The first-order valence-electron chi connectivity index (χ1n) is 8.93. The van der Waals surface area contributed by atoms with Gasteiger partial charge in [0.2, 0.25) is 0 Å². The summed E-state index contributed by atoms with van der Waals surface area (Å²) in [6, 6.07) is 19.3. The molecular weight excluding hydrogens is 370 g/mol. The van der Waals surface area contributed by atoms with Gasteiger partial charge in [-0.15, -0.1) is 0 Å². The highest BCUT2D eigenvalue weighted by Gasteiger charge is 2.15. The summed E-state index contributed by atoms with van der Waals surface area (Å²) in [5.74, 6) is 0.232. The minimum Gasteiger partial charge on any atom is -0.497 e. The minimum absolute atomic E-state index is 0.113. The molecule has 0 spiro atoms. The summed E-state index contributed by atoms with van der Waals surface area (Å²) in [6.45, 7) is 0.374. The van der Waals surface area contributed by atoms with Crippen LogP contribution in [0.3, 0.4) is 0 Å². The molecule has 3 aromatic rings. The van der Waals surface area contributed by atoms with Crippen LogP contribution in [0.4, 0.5) is 5.69 Å². The molecule has 0 saturated heterocycles. The number of aromatic nitrogens is 1. The minimum atomic E-state index is -0.464. The van der Waals surface area contributed by atoms with Gasteiger partial charge in [0.25, 0.3) is 11.8 Å². The zero-order valence-electron chi connectivity index (χ0n) is 16.1. The third-order valence-electron chi connectivity index (χ3n) is 4.17. The van der Waals surface area contributed by atoms with Crippen LogP contribution >= 0.6 is 0 Å². The smallest absolute Gasteiger partial charge is 0.274 e. The summed E-state index contributed by atoms with van der Waals surface area (Å²) in [4.78, 5) is 29.2. The number of rotatable bonds is 7. The van der Waals surface area contributed by atoms with Crippen molar-refractivity contribution in [2.24, 2.45) is 0 Å². The molecule has 0 aliphatic heterocycles. The quantitative estimate of drug-likeness (QED) is 0.645. The third-order valence-corrected chi connectivity index (χ3v) is 4.17. The third kappa shape index (κ3) is 5.10. The summed E-state index contributed by atoms with van der Waals surface area (Å²) in [6.07, 6.45) is 0. The first-order chi connectivity index (χ1) is 14.1. The van der Waals surface area contributed by atoms with Crippen molar-refractivity contribution in [2.45, 2.75) is 6.54 Å². The highest BCUT2D eigenvalue weighted by Crippen LogP contribution is 2.29. The van der Waals surface area contributed by atoms with Crippen LogP contribution in [-0.2, 0) is 6.54 Å². The van der Waals surface area contributed by atoms with Gasteiger partial charge >= 0.3 is 0 Å². The highest BCUT2D eigenvalue weighted by molar-refractivity contribution is 6.04. The first-order valence-corrected chi connectivity index (χ1v) is 8.93. The lowest BCUT2D eigenvalue weighted by atomic mass is 10.2. The van der Waals surface area contributed by atoms with E-state index >= 15 is 0 Å². The number of benzene rings is 2.